The molecule has 0 spiro atoms. The Hall–Kier alpha value is -2.37. The SMILES string of the molecule is CCCCC/C=C\C/C=C\C/C=C\CCCCCCC(=O)O[C@H](COC(=O)CCC/C=C/C[C@@H]1[C@@H](/C=C/[C@@H](O)CCCCC)[C@H](O)C[C@@H]1O)COP(=O)(O)O. The van der Waals surface area contributed by atoms with Crippen LogP contribution in [0.2, 0.25) is 0 Å². The van der Waals surface area contributed by atoms with Gasteiger partial charge in [-0.05, 0) is 76.5 Å². The molecule has 6 atom stereocenters. The fourth-order valence-electron chi connectivity index (χ4n) is 6.37. The molecule has 0 bridgehead atoms. The number of esters is 2. The minimum Gasteiger partial charge on any atom is -0.462 e. The van der Waals surface area contributed by atoms with Crippen LogP contribution in [-0.4, -0.2) is 74.7 Å². The van der Waals surface area contributed by atoms with E-state index in [1.165, 1.54) is 19.3 Å². The highest BCUT2D eigenvalue weighted by Crippen LogP contribution is 2.37. The molecule has 55 heavy (non-hydrogen) atoms. The highest BCUT2D eigenvalue weighted by molar-refractivity contribution is 7.46. The Morgan fingerprint density at radius 1 is 0.709 bits per heavy atom. The summed E-state index contributed by atoms with van der Waals surface area (Å²) in [4.78, 5) is 43.0. The molecule has 11 nitrogen and oxygen atoms in total. The standard InChI is InChI=1S/C43H73O11P/c1-3-5-7-8-9-10-11-12-13-14-15-16-17-18-19-20-26-30-43(48)54-37(35-53-55(49,50)51)34-52-42(47)29-25-22-21-24-28-38-39(41(46)33-40(38)45)32-31-36(44)27-23-6-4-2/h9-10,12-13,15-16,21,24,31-32,36-41,44-46H,3-8,11,14,17-20,22-23,25-30,33-35H2,1-2H3,(H2,49,50,51)/b10-9-,13-12-,16-15-,24-21+,32-31+/t36-,37+,38+,39+,40-,41+/m0/s1. The lowest BCUT2D eigenvalue weighted by molar-refractivity contribution is -0.161. The summed E-state index contributed by atoms with van der Waals surface area (Å²) in [6, 6.07) is 0. The van der Waals surface area contributed by atoms with E-state index in [1.54, 1.807) is 6.08 Å². The van der Waals surface area contributed by atoms with E-state index in [0.717, 1.165) is 64.2 Å². The van der Waals surface area contributed by atoms with Crippen molar-refractivity contribution in [3.8, 4) is 0 Å². The summed E-state index contributed by atoms with van der Waals surface area (Å²) in [6.45, 7) is 3.32. The maximum atomic E-state index is 12.4. The van der Waals surface area contributed by atoms with Crippen molar-refractivity contribution < 1.29 is 53.3 Å². The Balaban J connectivity index is 2.32. The van der Waals surface area contributed by atoms with Crippen LogP contribution in [0.15, 0.2) is 60.8 Å². The second-order valence-electron chi connectivity index (χ2n) is 14.6. The number of rotatable bonds is 33. The van der Waals surface area contributed by atoms with Gasteiger partial charge in [-0.3, -0.25) is 14.1 Å². The number of unbranched alkanes of at least 4 members (excludes halogenated alkanes) is 10. The van der Waals surface area contributed by atoms with E-state index in [2.05, 4.69) is 54.8 Å². The van der Waals surface area contributed by atoms with Gasteiger partial charge in [-0.1, -0.05) is 120 Å². The number of ether oxygens (including phenoxy) is 2. The molecule has 0 saturated heterocycles. The van der Waals surface area contributed by atoms with Crippen molar-refractivity contribution >= 4 is 19.8 Å². The lowest BCUT2D eigenvalue weighted by atomic mass is 9.89. The van der Waals surface area contributed by atoms with E-state index in [0.29, 0.717) is 32.1 Å². The van der Waals surface area contributed by atoms with Gasteiger partial charge in [-0.2, -0.15) is 0 Å². The van der Waals surface area contributed by atoms with Crippen molar-refractivity contribution in [2.24, 2.45) is 11.8 Å². The molecule has 0 aromatic heterocycles. The molecule has 0 amide bonds. The monoisotopic (exact) mass is 796 g/mol. The number of allylic oxidation sites excluding steroid dienone is 8. The van der Waals surface area contributed by atoms with E-state index in [9.17, 15) is 29.5 Å². The molecule has 1 saturated carbocycles. The van der Waals surface area contributed by atoms with Gasteiger partial charge in [0.1, 0.15) is 6.61 Å². The minimum atomic E-state index is -4.82. The van der Waals surface area contributed by atoms with Gasteiger partial charge in [0.15, 0.2) is 6.10 Å². The Bertz CT molecular complexity index is 1190. The van der Waals surface area contributed by atoms with Crippen LogP contribution in [-0.2, 0) is 28.2 Å². The normalized spacial score (nSPS) is 20.5. The Morgan fingerprint density at radius 2 is 1.29 bits per heavy atom. The molecule has 0 aliphatic heterocycles. The van der Waals surface area contributed by atoms with E-state index >= 15 is 0 Å². The predicted molar refractivity (Wildman–Crippen MR) is 218 cm³/mol. The van der Waals surface area contributed by atoms with Crippen LogP contribution in [0.3, 0.4) is 0 Å². The summed E-state index contributed by atoms with van der Waals surface area (Å²) >= 11 is 0. The third-order valence-corrected chi connectivity index (χ3v) is 10.1. The van der Waals surface area contributed by atoms with Gasteiger partial charge >= 0.3 is 19.8 Å². The van der Waals surface area contributed by atoms with Crippen LogP contribution in [0.1, 0.15) is 149 Å². The molecule has 0 aromatic carbocycles. The molecule has 316 valence electrons. The number of phosphoric ester groups is 1. The molecule has 0 unspecified atom stereocenters. The average molecular weight is 797 g/mol. The summed E-state index contributed by atoms with van der Waals surface area (Å²) in [7, 11) is -4.82. The molecular formula is C43H73O11P. The second kappa shape index (κ2) is 32.7. The fourth-order valence-corrected chi connectivity index (χ4v) is 6.73. The van der Waals surface area contributed by atoms with E-state index in [-0.39, 0.29) is 37.7 Å². The zero-order chi connectivity index (χ0) is 40.6. The fraction of sp³-hybridized carbons (Fsp3) is 0.721. The summed E-state index contributed by atoms with van der Waals surface area (Å²) < 4.78 is 26.3. The van der Waals surface area contributed by atoms with Crippen molar-refractivity contribution in [2.75, 3.05) is 13.2 Å². The number of hydrogen-bond acceptors (Lipinski definition) is 9. The van der Waals surface area contributed by atoms with E-state index in [1.807, 2.05) is 18.2 Å². The molecule has 1 aliphatic carbocycles. The Kier molecular flexibility index (Phi) is 30.1. The third-order valence-electron chi connectivity index (χ3n) is 9.58. The molecule has 12 heteroatoms. The average Bonchev–Trinajstić information content (AvgIpc) is 3.41. The first kappa shape index (κ1) is 50.6. The van der Waals surface area contributed by atoms with E-state index < -0.39 is 50.8 Å². The smallest absolute Gasteiger partial charge is 0.462 e. The first-order chi connectivity index (χ1) is 26.5. The van der Waals surface area contributed by atoms with Crippen LogP contribution < -0.4 is 0 Å². The summed E-state index contributed by atoms with van der Waals surface area (Å²) in [6.07, 6.45) is 34.6. The molecule has 0 aromatic rings. The molecule has 5 N–H and O–H groups in total. The van der Waals surface area contributed by atoms with Crippen LogP contribution in [0.25, 0.3) is 0 Å². The van der Waals surface area contributed by atoms with Crippen molar-refractivity contribution in [2.45, 2.75) is 173 Å². The van der Waals surface area contributed by atoms with Crippen molar-refractivity contribution in [1.29, 1.82) is 0 Å². The number of phosphoric acid groups is 1. The third kappa shape index (κ3) is 28.6. The Labute approximate surface area is 331 Å². The highest BCUT2D eigenvalue weighted by Gasteiger charge is 2.39. The maximum absolute atomic E-state index is 12.4. The van der Waals surface area contributed by atoms with Crippen LogP contribution in [0, 0.1) is 11.8 Å². The predicted octanol–water partition coefficient (Wildman–Crippen LogP) is 8.89. The van der Waals surface area contributed by atoms with Gasteiger partial charge in [0.05, 0.1) is 24.9 Å². The van der Waals surface area contributed by atoms with Gasteiger partial charge in [0.2, 0.25) is 0 Å². The zero-order valence-corrected chi connectivity index (χ0v) is 34.5. The van der Waals surface area contributed by atoms with Crippen molar-refractivity contribution in [3.05, 3.63) is 60.8 Å². The maximum Gasteiger partial charge on any atom is 0.469 e. The molecule has 1 aliphatic rings. The molecule has 0 heterocycles. The number of aliphatic hydroxyl groups is 3. The topological polar surface area (TPSA) is 180 Å². The summed E-state index contributed by atoms with van der Waals surface area (Å²) in [5.41, 5.74) is 0. The minimum absolute atomic E-state index is 0.0825. The van der Waals surface area contributed by atoms with Gasteiger partial charge in [-0.15, -0.1) is 0 Å². The number of carbonyl (C=O) groups excluding carboxylic acids is 2. The van der Waals surface area contributed by atoms with Crippen molar-refractivity contribution in [3.63, 3.8) is 0 Å². The number of carbonyl (C=O) groups is 2. The van der Waals surface area contributed by atoms with Crippen LogP contribution in [0.5, 0.6) is 0 Å². The van der Waals surface area contributed by atoms with Crippen LogP contribution >= 0.6 is 7.82 Å². The van der Waals surface area contributed by atoms with Crippen LogP contribution in [0.4, 0.5) is 0 Å². The lowest BCUT2D eigenvalue weighted by Gasteiger charge is -2.19. The largest absolute Gasteiger partial charge is 0.469 e. The Morgan fingerprint density at radius 3 is 1.96 bits per heavy atom. The van der Waals surface area contributed by atoms with Gasteiger partial charge < -0.3 is 34.6 Å². The van der Waals surface area contributed by atoms with E-state index in [4.69, 9.17) is 19.3 Å². The summed E-state index contributed by atoms with van der Waals surface area (Å²) in [5.74, 6) is -1.52. The first-order valence-corrected chi connectivity index (χ1v) is 22.4. The van der Waals surface area contributed by atoms with Crippen molar-refractivity contribution in [1.82, 2.24) is 0 Å². The quantitative estimate of drug-likeness (QED) is 0.0185. The summed E-state index contributed by atoms with van der Waals surface area (Å²) in [5, 5.41) is 31.2. The van der Waals surface area contributed by atoms with Gasteiger partial charge in [0, 0.05) is 25.2 Å². The second-order valence-corrected chi connectivity index (χ2v) is 15.8. The first-order valence-electron chi connectivity index (χ1n) is 20.8. The molecule has 1 rings (SSSR count). The van der Waals surface area contributed by atoms with Gasteiger partial charge in [-0.25, -0.2) is 4.57 Å². The highest BCUT2D eigenvalue weighted by atomic mass is 31.2. The van der Waals surface area contributed by atoms with Gasteiger partial charge in [0.25, 0.3) is 0 Å². The lowest BCUT2D eigenvalue weighted by Crippen LogP contribution is -2.29. The molecule has 0 radical (unpaired) electrons. The zero-order valence-electron chi connectivity index (χ0n) is 33.6. The molecular weight excluding hydrogens is 723 g/mol. The number of hydrogen-bond donors (Lipinski definition) is 5. The molecule has 1 fully saturated rings. The number of aliphatic hydroxyl groups excluding tert-OH is 3.